The van der Waals surface area contributed by atoms with Crippen molar-refractivity contribution in [1.82, 2.24) is 9.88 Å². The van der Waals surface area contributed by atoms with Gasteiger partial charge in [0.1, 0.15) is 0 Å². The number of amides is 1. The summed E-state index contributed by atoms with van der Waals surface area (Å²) in [5.41, 5.74) is 7.50. The van der Waals surface area contributed by atoms with Crippen molar-refractivity contribution in [3.8, 4) is 0 Å². The molecule has 0 aliphatic carbocycles. The van der Waals surface area contributed by atoms with Gasteiger partial charge in [-0.1, -0.05) is 0 Å². The van der Waals surface area contributed by atoms with Crippen molar-refractivity contribution in [2.45, 2.75) is 18.9 Å². The summed E-state index contributed by atoms with van der Waals surface area (Å²) in [5, 5.41) is 0. The van der Waals surface area contributed by atoms with Gasteiger partial charge in [0.05, 0.1) is 6.04 Å². The van der Waals surface area contributed by atoms with E-state index in [0.717, 1.165) is 12.0 Å². The normalized spacial score (nSPS) is 21.6. The number of nitrogens with two attached hydrogens (primary N) is 1. The SMILES string of the molecule is CN1C(=O)CC[C@H]1c1cnccc1N. The van der Waals surface area contributed by atoms with Crippen molar-refractivity contribution in [2.24, 2.45) is 0 Å². The molecular formula is C10H13N3O. The van der Waals surface area contributed by atoms with E-state index in [4.69, 9.17) is 5.73 Å². The summed E-state index contributed by atoms with van der Waals surface area (Å²) in [5.74, 6) is 0.179. The van der Waals surface area contributed by atoms with E-state index < -0.39 is 0 Å². The van der Waals surface area contributed by atoms with E-state index >= 15 is 0 Å². The second-order valence-electron chi connectivity index (χ2n) is 3.56. The average Bonchev–Trinajstić information content (AvgIpc) is 2.49. The highest BCUT2D eigenvalue weighted by Crippen LogP contribution is 2.33. The van der Waals surface area contributed by atoms with Gasteiger partial charge in [-0.2, -0.15) is 0 Å². The molecule has 2 N–H and O–H groups in total. The van der Waals surface area contributed by atoms with E-state index in [2.05, 4.69) is 4.98 Å². The molecule has 0 radical (unpaired) electrons. The number of hydrogen-bond acceptors (Lipinski definition) is 3. The first-order valence-corrected chi connectivity index (χ1v) is 4.65. The minimum atomic E-state index is 0.108. The Kier molecular flexibility index (Phi) is 2.11. The zero-order chi connectivity index (χ0) is 10.1. The second kappa shape index (κ2) is 3.29. The Morgan fingerprint density at radius 2 is 2.43 bits per heavy atom. The molecule has 0 spiro atoms. The monoisotopic (exact) mass is 191 g/mol. The molecule has 0 bridgehead atoms. The molecule has 14 heavy (non-hydrogen) atoms. The van der Waals surface area contributed by atoms with Crippen molar-refractivity contribution in [3.05, 3.63) is 24.0 Å². The predicted octanol–water partition coefficient (Wildman–Crippen LogP) is 0.957. The van der Waals surface area contributed by atoms with Crippen LogP contribution in [-0.4, -0.2) is 22.8 Å². The molecule has 1 aliphatic heterocycles. The molecule has 2 rings (SSSR count). The lowest BCUT2D eigenvalue weighted by Crippen LogP contribution is -2.23. The predicted molar refractivity (Wildman–Crippen MR) is 53.4 cm³/mol. The Morgan fingerprint density at radius 3 is 3.00 bits per heavy atom. The van der Waals surface area contributed by atoms with Gasteiger partial charge in [-0.05, 0) is 12.5 Å². The second-order valence-corrected chi connectivity index (χ2v) is 3.56. The molecule has 74 valence electrons. The molecule has 1 aromatic heterocycles. The van der Waals surface area contributed by atoms with Crippen LogP contribution in [0.3, 0.4) is 0 Å². The van der Waals surface area contributed by atoms with E-state index in [1.807, 2.05) is 7.05 Å². The van der Waals surface area contributed by atoms with Gasteiger partial charge < -0.3 is 10.6 Å². The van der Waals surface area contributed by atoms with Crippen molar-refractivity contribution in [2.75, 3.05) is 12.8 Å². The lowest BCUT2D eigenvalue weighted by molar-refractivity contribution is -0.127. The van der Waals surface area contributed by atoms with E-state index in [-0.39, 0.29) is 11.9 Å². The molecule has 0 aromatic carbocycles. The number of pyridine rings is 1. The summed E-state index contributed by atoms with van der Waals surface area (Å²) in [7, 11) is 1.81. The van der Waals surface area contributed by atoms with Crippen LogP contribution in [-0.2, 0) is 4.79 Å². The summed E-state index contributed by atoms with van der Waals surface area (Å²) in [6.07, 6.45) is 4.85. The highest BCUT2D eigenvalue weighted by molar-refractivity contribution is 5.79. The summed E-state index contributed by atoms with van der Waals surface area (Å²) < 4.78 is 0. The number of carbonyl (C=O) groups is 1. The molecule has 2 heterocycles. The molecule has 1 saturated heterocycles. The molecule has 1 fully saturated rings. The Labute approximate surface area is 82.7 Å². The third-order valence-electron chi connectivity index (χ3n) is 2.74. The number of nitrogen functional groups attached to an aromatic ring is 1. The summed E-state index contributed by atoms with van der Waals surface area (Å²) >= 11 is 0. The van der Waals surface area contributed by atoms with Crippen molar-refractivity contribution in [3.63, 3.8) is 0 Å². The van der Waals surface area contributed by atoms with Gasteiger partial charge in [0, 0.05) is 37.1 Å². The van der Waals surface area contributed by atoms with Crippen LogP contribution in [0, 0.1) is 0 Å². The molecule has 4 heteroatoms. The number of rotatable bonds is 1. The quantitative estimate of drug-likeness (QED) is 0.719. The molecular weight excluding hydrogens is 178 g/mol. The van der Waals surface area contributed by atoms with Gasteiger partial charge in [0.15, 0.2) is 0 Å². The van der Waals surface area contributed by atoms with Gasteiger partial charge in [0.25, 0.3) is 0 Å². The first-order chi connectivity index (χ1) is 6.70. The summed E-state index contributed by atoms with van der Waals surface area (Å²) in [4.78, 5) is 17.1. The van der Waals surface area contributed by atoms with Crippen molar-refractivity contribution >= 4 is 11.6 Å². The van der Waals surface area contributed by atoms with Crippen LogP contribution in [0.15, 0.2) is 18.5 Å². The first kappa shape index (κ1) is 8.99. The maximum Gasteiger partial charge on any atom is 0.222 e. The minimum Gasteiger partial charge on any atom is -0.398 e. The van der Waals surface area contributed by atoms with Gasteiger partial charge in [-0.25, -0.2) is 0 Å². The van der Waals surface area contributed by atoms with Gasteiger partial charge in [-0.15, -0.1) is 0 Å². The Bertz CT molecular complexity index is 364. The molecule has 1 aliphatic rings. The number of hydrogen-bond donors (Lipinski definition) is 1. The van der Waals surface area contributed by atoms with E-state index in [1.54, 1.807) is 23.4 Å². The number of anilines is 1. The average molecular weight is 191 g/mol. The van der Waals surface area contributed by atoms with Gasteiger partial charge in [-0.3, -0.25) is 9.78 Å². The topological polar surface area (TPSA) is 59.2 Å². The highest BCUT2D eigenvalue weighted by Gasteiger charge is 2.29. The summed E-state index contributed by atoms with van der Waals surface area (Å²) in [6.45, 7) is 0. The first-order valence-electron chi connectivity index (χ1n) is 4.65. The van der Waals surface area contributed by atoms with Crippen LogP contribution in [0.2, 0.25) is 0 Å². The van der Waals surface area contributed by atoms with Crippen molar-refractivity contribution in [1.29, 1.82) is 0 Å². The number of carbonyl (C=O) groups excluding carboxylic acids is 1. The Hall–Kier alpha value is -1.58. The molecule has 1 aromatic rings. The highest BCUT2D eigenvalue weighted by atomic mass is 16.2. The smallest absolute Gasteiger partial charge is 0.222 e. The fourth-order valence-corrected chi connectivity index (χ4v) is 1.86. The minimum absolute atomic E-state index is 0.108. The fourth-order valence-electron chi connectivity index (χ4n) is 1.86. The van der Waals surface area contributed by atoms with Crippen LogP contribution in [0.1, 0.15) is 24.4 Å². The molecule has 0 unspecified atom stereocenters. The zero-order valence-electron chi connectivity index (χ0n) is 8.10. The lowest BCUT2D eigenvalue weighted by Gasteiger charge is -2.20. The van der Waals surface area contributed by atoms with Crippen LogP contribution >= 0.6 is 0 Å². The standard InChI is InChI=1S/C10H13N3O/c1-13-9(2-3-10(13)14)7-6-12-5-4-8(7)11/h4-6,9H,2-3H2,1H3,(H2,11,12)/t9-/m0/s1. The number of likely N-dealkylation sites (tertiary alicyclic amines) is 1. The van der Waals surface area contributed by atoms with Crippen LogP contribution in [0.5, 0.6) is 0 Å². The Morgan fingerprint density at radius 1 is 1.64 bits per heavy atom. The summed E-state index contributed by atoms with van der Waals surface area (Å²) in [6, 6.07) is 1.88. The fraction of sp³-hybridized carbons (Fsp3) is 0.400. The van der Waals surface area contributed by atoms with Crippen LogP contribution < -0.4 is 5.73 Å². The number of aromatic nitrogens is 1. The zero-order valence-corrected chi connectivity index (χ0v) is 8.10. The molecule has 1 atom stereocenters. The maximum absolute atomic E-state index is 11.3. The van der Waals surface area contributed by atoms with E-state index in [1.165, 1.54) is 0 Å². The lowest BCUT2D eigenvalue weighted by atomic mass is 10.1. The van der Waals surface area contributed by atoms with Crippen LogP contribution in [0.4, 0.5) is 5.69 Å². The maximum atomic E-state index is 11.3. The van der Waals surface area contributed by atoms with Gasteiger partial charge in [0.2, 0.25) is 5.91 Å². The van der Waals surface area contributed by atoms with E-state index in [0.29, 0.717) is 12.1 Å². The molecule has 0 saturated carbocycles. The number of nitrogens with zero attached hydrogens (tertiary/aromatic N) is 2. The van der Waals surface area contributed by atoms with E-state index in [9.17, 15) is 4.79 Å². The van der Waals surface area contributed by atoms with Crippen LogP contribution in [0.25, 0.3) is 0 Å². The molecule has 1 amide bonds. The largest absolute Gasteiger partial charge is 0.398 e. The van der Waals surface area contributed by atoms with Crippen molar-refractivity contribution < 1.29 is 4.79 Å². The Balaban J connectivity index is 2.32. The third kappa shape index (κ3) is 1.32. The third-order valence-corrected chi connectivity index (χ3v) is 2.74. The van der Waals surface area contributed by atoms with Gasteiger partial charge >= 0.3 is 0 Å². The molecule has 4 nitrogen and oxygen atoms in total.